The lowest BCUT2D eigenvalue weighted by atomic mass is 10.0. The number of carbonyl (C=O) groups is 1. The molecule has 0 saturated carbocycles. The number of unbranched alkanes of at least 4 members (excludes halogenated alkanes) is 11. The first-order chi connectivity index (χ1) is 18.1. The van der Waals surface area contributed by atoms with Crippen molar-refractivity contribution in [3.05, 3.63) is 69.6 Å². The number of amides is 1. The number of carbonyl (C=O) groups excluding carboxylic acids is 1. The Morgan fingerprint density at radius 3 is 1.97 bits per heavy atom. The molecule has 0 bridgehead atoms. The highest BCUT2D eigenvalue weighted by atomic mass is 16.7. The zero-order valence-electron chi connectivity index (χ0n) is 22.8. The summed E-state index contributed by atoms with van der Waals surface area (Å²) in [5, 5.41) is 13.3. The van der Waals surface area contributed by atoms with Crippen molar-refractivity contribution in [2.24, 2.45) is 5.18 Å². The van der Waals surface area contributed by atoms with E-state index in [9.17, 15) is 14.8 Å². The molecular weight excluding hydrogens is 464 g/mol. The highest BCUT2D eigenvalue weighted by molar-refractivity contribution is 5.93. The molecule has 0 aliphatic carbocycles. The van der Waals surface area contributed by atoms with Gasteiger partial charge in [-0.3, -0.25) is 4.79 Å². The van der Waals surface area contributed by atoms with Gasteiger partial charge in [0.25, 0.3) is 5.91 Å². The van der Waals surface area contributed by atoms with E-state index >= 15 is 0 Å². The topological polar surface area (TPSA) is 88.0 Å². The maximum atomic E-state index is 12.7. The summed E-state index contributed by atoms with van der Waals surface area (Å²) in [5.74, 6) is -0.528. The largest absolute Gasteiger partial charge is 0.507 e. The first-order valence-electron chi connectivity index (χ1n) is 14.3. The fraction of sp³-hybridized carbons (Fsp3) is 0.581. The minimum absolute atomic E-state index is 0.0805. The third kappa shape index (κ3) is 11.9. The SMILES string of the molecule is CCCCCCCCCc1ccc(O)c(C(N=O)ONC(=O)c2cccc(CCCCCCCC)c2)c1. The number of nitroso groups, excluding NO2 is 1. The van der Waals surface area contributed by atoms with E-state index in [0.717, 1.165) is 43.2 Å². The van der Waals surface area contributed by atoms with Crippen molar-refractivity contribution < 1.29 is 14.7 Å². The summed E-state index contributed by atoms with van der Waals surface area (Å²) >= 11 is 0. The Kier molecular flexibility index (Phi) is 15.3. The van der Waals surface area contributed by atoms with Crippen molar-refractivity contribution in [1.29, 1.82) is 0 Å². The maximum absolute atomic E-state index is 12.7. The quantitative estimate of drug-likeness (QED) is 0.106. The normalized spacial score (nSPS) is 11.8. The van der Waals surface area contributed by atoms with E-state index in [0.29, 0.717) is 5.56 Å². The fourth-order valence-corrected chi connectivity index (χ4v) is 4.53. The Balaban J connectivity index is 1.85. The van der Waals surface area contributed by atoms with Crippen LogP contribution in [0.5, 0.6) is 5.75 Å². The molecule has 1 atom stereocenters. The smallest absolute Gasteiger partial charge is 0.274 e. The van der Waals surface area contributed by atoms with Crippen LogP contribution in [0.4, 0.5) is 0 Å². The summed E-state index contributed by atoms with van der Waals surface area (Å²) in [4.78, 5) is 29.6. The molecule has 0 fully saturated rings. The monoisotopic (exact) mass is 510 g/mol. The van der Waals surface area contributed by atoms with Crippen LogP contribution in [-0.2, 0) is 17.7 Å². The number of hydroxylamine groups is 1. The molecule has 6 heteroatoms. The summed E-state index contributed by atoms with van der Waals surface area (Å²) < 4.78 is 0. The molecule has 204 valence electrons. The molecule has 0 aliphatic rings. The molecule has 0 saturated heterocycles. The third-order valence-corrected chi connectivity index (χ3v) is 6.79. The van der Waals surface area contributed by atoms with Gasteiger partial charge in [-0.25, -0.2) is 10.3 Å². The van der Waals surface area contributed by atoms with E-state index in [1.54, 1.807) is 18.2 Å². The number of nitrogens with one attached hydrogen (secondary N) is 1. The van der Waals surface area contributed by atoms with E-state index in [4.69, 9.17) is 4.84 Å². The van der Waals surface area contributed by atoms with Crippen LogP contribution in [0.25, 0.3) is 0 Å². The minimum atomic E-state index is -1.33. The van der Waals surface area contributed by atoms with Crippen molar-refractivity contribution >= 4 is 5.91 Å². The summed E-state index contributed by atoms with van der Waals surface area (Å²) in [6.07, 6.45) is 16.3. The second-order valence-electron chi connectivity index (χ2n) is 9.99. The second kappa shape index (κ2) is 18.5. The molecule has 0 heterocycles. The molecule has 2 aromatic carbocycles. The van der Waals surface area contributed by atoms with Crippen LogP contribution in [0.3, 0.4) is 0 Å². The van der Waals surface area contributed by atoms with Gasteiger partial charge in [0, 0.05) is 5.56 Å². The molecule has 6 nitrogen and oxygen atoms in total. The van der Waals surface area contributed by atoms with Crippen LogP contribution in [0.1, 0.15) is 131 Å². The van der Waals surface area contributed by atoms with E-state index in [-0.39, 0.29) is 11.3 Å². The van der Waals surface area contributed by atoms with Gasteiger partial charge in [0.1, 0.15) is 5.75 Å². The van der Waals surface area contributed by atoms with Crippen LogP contribution in [-0.4, -0.2) is 11.0 Å². The number of hydrogen-bond donors (Lipinski definition) is 2. The van der Waals surface area contributed by atoms with Crippen LogP contribution < -0.4 is 5.48 Å². The molecule has 37 heavy (non-hydrogen) atoms. The first kappa shape index (κ1) is 30.5. The van der Waals surface area contributed by atoms with Crippen molar-refractivity contribution in [2.75, 3.05) is 0 Å². The van der Waals surface area contributed by atoms with Crippen molar-refractivity contribution in [2.45, 2.75) is 116 Å². The first-order valence-corrected chi connectivity index (χ1v) is 14.3. The standard InChI is InChI=1S/C31H46N2O4/c1-3-5-7-9-11-13-15-18-26-21-22-29(34)28(24-26)31(32-36)37-33-30(35)27-20-16-19-25(23-27)17-14-12-10-8-6-4-2/h16,19-24,31,34H,3-15,17-18H2,1-2H3,(H,33,35). The molecule has 2 N–H and O–H groups in total. The molecular formula is C31H46N2O4. The van der Waals surface area contributed by atoms with E-state index in [2.05, 4.69) is 24.5 Å². The van der Waals surface area contributed by atoms with E-state index in [1.807, 2.05) is 24.3 Å². The van der Waals surface area contributed by atoms with Crippen molar-refractivity contribution in [1.82, 2.24) is 5.48 Å². The summed E-state index contributed by atoms with van der Waals surface area (Å²) in [7, 11) is 0. The third-order valence-electron chi connectivity index (χ3n) is 6.79. The molecule has 1 amide bonds. The lowest BCUT2D eigenvalue weighted by Gasteiger charge is -2.14. The van der Waals surface area contributed by atoms with Crippen LogP contribution in [0.2, 0.25) is 0 Å². The Morgan fingerprint density at radius 2 is 1.38 bits per heavy atom. The number of phenols is 1. The number of aryl methyl sites for hydroxylation is 2. The highest BCUT2D eigenvalue weighted by Crippen LogP contribution is 2.29. The molecule has 2 aromatic rings. The molecule has 0 spiro atoms. The molecule has 0 aliphatic heterocycles. The van der Waals surface area contributed by atoms with Crippen LogP contribution in [0, 0.1) is 4.91 Å². The fourth-order valence-electron chi connectivity index (χ4n) is 4.53. The summed E-state index contributed by atoms with van der Waals surface area (Å²) in [6.45, 7) is 4.43. The summed E-state index contributed by atoms with van der Waals surface area (Å²) in [5.41, 5.74) is 5.17. The average molecular weight is 511 g/mol. The average Bonchev–Trinajstić information content (AvgIpc) is 2.92. The van der Waals surface area contributed by atoms with Crippen molar-refractivity contribution in [3.8, 4) is 5.75 Å². The number of rotatable bonds is 20. The Morgan fingerprint density at radius 1 is 0.811 bits per heavy atom. The highest BCUT2D eigenvalue weighted by Gasteiger charge is 2.20. The number of phenolic OH excluding ortho intramolecular Hbond substituents is 1. The number of nitrogens with zero attached hydrogens (tertiary/aromatic N) is 1. The zero-order valence-corrected chi connectivity index (χ0v) is 22.8. The predicted molar refractivity (Wildman–Crippen MR) is 150 cm³/mol. The van der Waals surface area contributed by atoms with Gasteiger partial charge >= 0.3 is 0 Å². The second-order valence-corrected chi connectivity index (χ2v) is 9.99. The lowest BCUT2D eigenvalue weighted by Crippen LogP contribution is -2.25. The molecule has 1 unspecified atom stereocenters. The van der Waals surface area contributed by atoms with Gasteiger partial charge in [-0.1, -0.05) is 103 Å². The lowest BCUT2D eigenvalue weighted by molar-refractivity contribution is -0.0149. The van der Waals surface area contributed by atoms with E-state index in [1.165, 1.54) is 64.2 Å². The van der Waals surface area contributed by atoms with Gasteiger partial charge in [0.15, 0.2) is 0 Å². The number of hydrogen-bond acceptors (Lipinski definition) is 5. The molecule has 2 rings (SSSR count). The Labute approximate surface area is 223 Å². The Bertz CT molecular complexity index is 931. The van der Waals surface area contributed by atoms with Gasteiger partial charge in [-0.15, -0.1) is 4.91 Å². The van der Waals surface area contributed by atoms with Gasteiger partial charge < -0.3 is 5.11 Å². The molecule has 0 radical (unpaired) electrons. The minimum Gasteiger partial charge on any atom is -0.507 e. The zero-order chi connectivity index (χ0) is 26.7. The Hall–Kier alpha value is -2.73. The van der Waals surface area contributed by atoms with E-state index < -0.39 is 12.1 Å². The van der Waals surface area contributed by atoms with Crippen LogP contribution in [0.15, 0.2) is 47.6 Å². The van der Waals surface area contributed by atoms with Gasteiger partial charge in [-0.2, -0.15) is 0 Å². The predicted octanol–water partition coefficient (Wildman–Crippen LogP) is 8.71. The van der Waals surface area contributed by atoms with Crippen LogP contribution >= 0.6 is 0 Å². The number of benzene rings is 2. The van der Waals surface area contributed by atoms with Gasteiger partial charge in [0.2, 0.25) is 6.23 Å². The van der Waals surface area contributed by atoms with Crippen molar-refractivity contribution in [3.63, 3.8) is 0 Å². The van der Waals surface area contributed by atoms with Gasteiger partial charge in [0.05, 0.1) is 5.56 Å². The molecule has 0 aromatic heterocycles. The van der Waals surface area contributed by atoms with Gasteiger partial charge in [-0.05, 0) is 66.3 Å². The summed E-state index contributed by atoms with van der Waals surface area (Å²) in [6, 6.07) is 12.6. The maximum Gasteiger partial charge on any atom is 0.274 e. The number of aromatic hydroxyl groups is 1.